The van der Waals surface area contributed by atoms with E-state index in [2.05, 4.69) is 15.3 Å². The summed E-state index contributed by atoms with van der Waals surface area (Å²) in [7, 11) is 5.06. The highest BCUT2D eigenvalue weighted by molar-refractivity contribution is 7.22. The second kappa shape index (κ2) is 9.53. The first-order valence-corrected chi connectivity index (χ1v) is 12.7. The Balaban J connectivity index is 1.63. The molecule has 1 N–H and O–H groups in total. The molecule has 5 aromatic rings. The van der Waals surface area contributed by atoms with Crippen molar-refractivity contribution < 1.29 is 13.9 Å². The van der Waals surface area contributed by atoms with Crippen molar-refractivity contribution in [3.63, 3.8) is 0 Å². The van der Waals surface area contributed by atoms with Gasteiger partial charge in [-0.05, 0) is 24.5 Å². The number of hydrogen-bond donors (Lipinski definition) is 1. The van der Waals surface area contributed by atoms with E-state index in [1.54, 1.807) is 25.6 Å². The molecule has 6 rings (SSSR count). The third kappa shape index (κ3) is 4.11. The van der Waals surface area contributed by atoms with E-state index >= 15 is 4.39 Å². The molecule has 0 radical (unpaired) electrons. The van der Waals surface area contributed by atoms with E-state index in [0.717, 1.165) is 39.1 Å². The van der Waals surface area contributed by atoms with E-state index in [1.165, 1.54) is 18.4 Å². The van der Waals surface area contributed by atoms with Crippen LogP contribution in [0.3, 0.4) is 0 Å². The molecule has 0 unspecified atom stereocenters. The summed E-state index contributed by atoms with van der Waals surface area (Å²) in [6.07, 6.45) is 7.13. The number of pyridine rings is 1. The quantitative estimate of drug-likeness (QED) is 0.303. The van der Waals surface area contributed by atoms with Crippen molar-refractivity contribution >= 4 is 27.4 Å². The zero-order valence-corrected chi connectivity index (χ0v) is 21.4. The smallest absolute Gasteiger partial charge is 0.250 e. The maximum absolute atomic E-state index is 15.5. The minimum absolute atomic E-state index is 0.0489. The van der Waals surface area contributed by atoms with Crippen molar-refractivity contribution in [2.24, 2.45) is 7.05 Å². The SMILES string of the molecule is COc1nccc(-c2sc3nc(-c4nccn4C)nc(NC4CC(OC)C4)c3c2-c2ccccc2)c1F. The number of rotatable bonds is 7. The Morgan fingerprint density at radius 3 is 2.57 bits per heavy atom. The minimum atomic E-state index is -0.512. The fourth-order valence-electron chi connectivity index (χ4n) is 4.67. The van der Waals surface area contributed by atoms with Gasteiger partial charge in [0.15, 0.2) is 17.5 Å². The number of aryl methyl sites for hydroxylation is 1. The molecule has 8 nitrogen and oxygen atoms in total. The van der Waals surface area contributed by atoms with Gasteiger partial charge in [0.1, 0.15) is 10.6 Å². The number of nitrogens with one attached hydrogen (secondary N) is 1. The number of benzene rings is 1. The van der Waals surface area contributed by atoms with Gasteiger partial charge in [0.25, 0.3) is 5.88 Å². The van der Waals surface area contributed by atoms with Crippen LogP contribution in [-0.4, -0.2) is 50.9 Å². The normalized spacial score (nSPS) is 17.1. The highest BCUT2D eigenvalue weighted by Gasteiger charge is 2.31. The van der Waals surface area contributed by atoms with Gasteiger partial charge in [-0.15, -0.1) is 11.3 Å². The Morgan fingerprint density at radius 2 is 1.86 bits per heavy atom. The third-order valence-corrected chi connectivity index (χ3v) is 7.82. The molecule has 4 aromatic heterocycles. The molecular formula is C27H25FN6O2S. The van der Waals surface area contributed by atoms with E-state index in [9.17, 15) is 0 Å². The Bertz CT molecular complexity index is 1580. The van der Waals surface area contributed by atoms with E-state index < -0.39 is 5.82 Å². The Morgan fingerprint density at radius 1 is 1.05 bits per heavy atom. The van der Waals surface area contributed by atoms with Crippen molar-refractivity contribution in [3.8, 4) is 39.1 Å². The van der Waals surface area contributed by atoms with Crippen LogP contribution in [-0.2, 0) is 11.8 Å². The van der Waals surface area contributed by atoms with Gasteiger partial charge in [-0.25, -0.2) is 24.3 Å². The highest BCUT2D eigenvalue weighted by atomic mass is 32.1. The average Bonchev–Trinajstić information content (AvgIpc) is 3.50. The van der Waals surface area contributed by atoms with Gasteiger partial charge in [0.2, 0.25) is 0 Å². The number of aromatic nitrogens is 5. The zero-order chi connectivity index (χ0) is 25.5. The minimum Gasteiger partial charge on any atom is -0.479 e. The number of hydrogen-bond acceptors (Lipinski definition) is 8. The van der Waals surface area contributed by atoms with Crippen LogP contribution in [0.2, 0.25) is 0 Å². The lowest BCUT2D eigenvalue weighted by atomic mass is 9.89. The topological polar surface area (TPSA) is 87.0 Å². The molecule has 0 saturated heterocycles. The Labute approximate surface area is 217 Å². The Hall–Kier alpha value is -3.89. The first kappa shape index (κ1) is 23.5. The fourth-order valence-corrected chi connectivity index (χ4v) is 5.88. The number of thiophene rings is 1. The largest absolute Gasteiger partial charge is 0.479 e. The molecule has 0 aliphatic heterocycles. The molecule has 1 fully saturated rings. The summed E-state index contributed by atoms with van der Waals surface area (Å²) < 4.78 is 28.1. The number of fused-ring (bicyclic) bond motifs is 1. The van der Waals surface area contributed by atoms with Gasteiger partial charge in [0.05, 0.1) is 18.6 Å². The van der Waals surface area contributed by atoms with Crippen LogP contribution in [0.1, 0.15) is 12.8 Å². The van der Waals surface area contributed by atoms with Crippen molar-refractivity contribution in [2.45, 2.75) is 25.0 Å². The van der Waals surface area contributed by atoms with Gasteiger partial charge in [-0.2, -0.15) is 0 Å². The van der Waals surface area contributed by atoms with E-state index in [1.807, 2.05) is 48.1 Å². The molecule has 1 saturated carbocycles. The van der Waals surface area contributed by atoms with Crippen molar-refractivity contribution in [1.29, 1.82) is 0 Å². The van der Waals surface area contributed by atoms with Crippen LogP contribution < -0.4 is 10.1 Å². The lowest BCUT2D eigenvalue weighted by Crippen LogP contribution is -2.40. The molecule has 0 atom stereocenters. The fraction of sp³-hybridized carbons (Fsp3) is 0.259. The monoisotopic (exact) mass is 516 g/mol. The highest BCUT2D eigenvalue weighted by Crippen LogP contribution is 2.48. The van der Waals surface area contributed by atoms with E-state index in [4.69, 9.17) is 19.4 Å². The second-order valence-electron chi connectivity index (χ2n) is 8.96. The first-order valence-electron chi connectivity index (χ1n) is 11.9. The summed E-state index contributed by atoms with van der Waals surface area (Å²) in [6, 6.07) is 11.8. The molecule has 1 aliphatic carbocycles. The van der Waals surface area contributed by atoms with Crippen molar-refractivity contribution in [3.05, 3.63) is 60.8 Å². The summed E-state index contributed by atoms with van der Waals surface area (Å²) in [4.78, 5) is 19.8. The number of ether oxygens (including phenoxy) is 2. The number of imidazole rings is 1. The van der Waals surface area contributed by atoms with E-state index in [0.29, 0.717) is 23.0 Å². The molecule has 4 heterocycles. The molecule has 0 spiro atoms. The van der Waals surface area contributed by atoms with Gasteiger partial charge in [-0.1, -0.05) is 30.3 Å². The van der Waals surface area contributed by atoms with Crippen LogP contribution in [0.5, 0.6) is 5.88 Å². The number of nitrogens with zero attached hydrogens (tertiary/aromatic N) is 5. The maximum atomic E-state index is 15.5. The van der Waals surface area contributed by atoms with Crippen LogP contribution in [0, 0.1) is 5.82 Å². The van der Waals surface area contributed by atoms with Crippen LogP contribution in [0.4, 0.5) is 10.2 Å². The molecule has 37 heavy (non-hydrogen) atoms. The number of halogens is 1. The molecule has 1 aromatic carbocycles. The molecule has 1 aliphatic rings. The molecule has 188 valence electrons. The van der Waals surface area contributed by atoms with E-state index in [-0.39, 0.29) is 18.0 Å². The predicted octanol–water partition coefficient (Wildman–Crippen LogP) is 5.56. The summed E-state index contributed by atoms with van der Waals surface area (Å²) in [5, 5.41) is 4.47. The molecule has 0 bridgehead atoms. The standard InChI is InChI=1S/C27H25FN6O2S/c1-34-12-11-29-25(34)24-32-23(31-16-13-17(14-16)35-2)20-19(15-7-5-4-6-8-15)22(37-27(20)33-24)18-9-10-30-26(36-3)21(18)28/h4-12,16-17H,13-14H2,1-3H3,(H,31,32,33). The van der Waals surface area contributed by atoms with Gasteiger partial charge in [0, 0.05) is 54.8 Å². The summed E-state index contributed by atoms with van der Waals surface area (Å²) >= 11 is 1.42. The molecule has 10 heteroatoms. The summed E-state index contributed by atoms with van der Waals surface area (Å²) in [5.41, 5.74) is 2.21. The first-order chi connectivity index (χ1) is 18.1. The lowest BCUT2D eigenvalue weighted by molar-refractivity contribution is 0.0328. The van der Waals surface area contributed by atoms with Crippen molar-refractivity contribution in [1.82, 2.24) is 24.5 Å². The summed E-state index contributed by atoms with van der Waals surface area (Å²) in [5.74, 6) is 1.30. The average molecular weight is 517 g/mol. The van der Waals surface area contributed by atoms with Crippen molar-refractivity contribution in [2.75, 3.05) is 19.5 Å². The van der Waals surface area contributed by atoms with Gasteiger partial charge >= 0.3 is 0 Å². The number of methoxy groups -OCH3 is 2. The summed E-state index contributed by atoms with van der Waals surface area (Å²) in [6.45, 7) is 0. The van der Waals surface area contributed by atoms with Gasteiger partial charge < -0.3 is 19.4 Å². The maximum Gasteiger partial charge on any atom is 0.250 e. The van der Waals surface area contributed by atoms with Crippen LogP contribution in [0.25, 0.3) is 43.4 Å². The molecular weight excluding hydrogens is 491 g/mol. The Kier molecular flexibility index (Phi) is 6.05. The van der Waals surface area contributed by atoms with Crippen LogP contribution in [0.15, 0.2) is 55.0 Å². The number of anilines is 1. The zero-order valence-electron chi connectivity index (χ0n) is 20.6. The predicted molar refractivity (Wildman–Crippen MR) is 142 cm³/mol. The third-order valence-electron chi connectivity index (χ3n) is 6.70. The second-order valence-corrected chi connectivity index (χ2v) is 9.96. The lowest BCUT2D eigenvalue weighted by Gasteiger charge is -2.35. The van der Waals surface area contributed by atoms with Gasteiger partial charge in [-0.3, -0.25) is 0 Å². The molecule has 0 amide bonds. The van der Waals surface area contributed by atoms with Crippen LogP contribution >= 0.6 is 11.3 Å².